The number of hydrogen-bond acceptors (Lipinski definition) is 16. The molecule has 2 unspecified atom stereocenters. The van der Waals surface area contributed by atoms with Crippen molar-refractivity contribution in [3.8, 4) is 0 Å². The first-order valence-electron chi connectivity index (χ1n) is 16.0. The fourth-order valence-corrected chi connectivity index (χ4v) is 6.84. The zero-order valence-electron chi connectivity index (χ0n) is 28.7. The Morgan fingerprint density at radius 3 is 1.82 bits per heavy atom. The van der Waals surface area contributed by atoms with Crippen LogP contribution in [0.25, 0.3) is 0 Å². The van der Waals surface area contributed by atoms with Crippen molar-refractivity contribution in [3.63, 3.8) is 0 Å². The first-order valence-corrected chi connectivity index (χ1v) is 19.0. The molecule has 0 radical (unpaired) electrons. The molecule has 0 amide bonds. The van der Waals surface area contributed by atoms with Crippen LogP contribution in [-0.2, 0) is 32.0 Å². The van der Waals surface area contributed by atoms with Crippen LogP contribution in [0.5, 0.6) is 0 Å². The molecule has 3 rings (SSSR count). The third-order valence-electron chi connectivity index (χ3n) is 7.71. The van der Waals surface area contributed by atoms with Gasteiger partial charge in [-0.3, -0.25) is 23.4 Å². The van der Waals surface area contributed by atoms with Crippen LogP contribution in [0.1, 0.15) is 54.2 Å². The maximum Gasteiger partial charge on any atom is 0.483 e. The van der Waals surface area contributed by atoms with Gasteiger partial charge >= 0.3 is 21.3 Å². The molecule has 0 saturated carbocycles. The summed E-state index contributed by atoms with van der Waals surface area (Å²) in [5, 5.41) is 48.8. The summed E-state index contributed by atoms with van der Waals surface area (Å²) in [6.07, 6.45) is -12.2. The molecule has 20 nitrogen and oxygen atoms in total. The van der Waals surface area contributed by atoms with Gasteiger partial charge in [-0.25, -0.2) is 13.9 Å². The number of aromatic nitrogens is 2. The Balaban J connectivity index is 0.000000717. The molecule has 49 heavy (non-hydrogen) atoms. The molecule has 3 heterocycles. The minimum Gasteiger partial charge on any atom is -0.394 e. The van der Waals surface area contributed by atoms with Gasteiger partial charge in [0, 0.05) is 18.7 Å². The Hall–Kier alpha value is -1.42. The Labute approximate surface area is 285 Å². The highest BCUT2D eigenvalue weighted by molar-refractivity contribution is 7.61. The Bertz CT molecular complexity index is 1270. The molecule has 2 aliphatic rings. The van der Waals surface area contributed by atoms with Crippen LogP contribution in [0.2, 0.25) is 0 Å². The zero-order chi connectivity index (χ0) is 37.5. The largest absolute Gasteiger partial charge is 0.483 e. The number of phosphoric ester groups is 2. The lowest BCUT2D eigenvalue weighted by Crippen LogP contribution is -2.49. The maximum absolute atomic E-state index is 12.1. The lowest BCUT2D eigenvalue weighted by atomic mass is 10.0. The van der Waals surface area contributed by atoms with E-state index in [9.17, 15) is 48.9 Å². The van der Waals surface area contributed by atoms with Crippen molar-refractivity contribution in [3.05, 3.63) is 33.1 Å². The lowest BCUT2D eigenvalue weighted by molar-refractivity contribution is -0.244. The first kappa shape index (κ1) is 45.6. The van der Waals surface area contributed by atoms with Gasteiger partial charge in [0.05, 0.1) is 19.3 Å². The molecule has 0 spiro atoms. The number of hydrogen-bond donors (Lipinski definition) is 8. The summed E-state index contributed by atoms with van der Waals surface area (Å²) in [7, 11) is -10.9. The number of aromatic amines is 1. The Morgan fingerprint density at radius 1 is 0.837 bits per heavy atom. The maximum atomic E-state index is 12.1. The quantitative estimate of drug-likeness (QED) is 0.0990. The fraction of sp³-hybridized carbons (Fsp3) is 0.852. The van der Waals surface area contributed by atoms with Gasteiger partial charge < -0.3 is 54.6 Å². The zero-order valence-corrected chi connectivity index (χ0v) is 30.5. The van der Waals surface area contributed by atoms with E-state index in [2.05, 4.69) is 64.7 Å². The molecule has 288 valence electrons. The summed E-state index contributed by atoms with van der Waals surface area (Å²) in [6.45, 7) is 18.5. The van der Waals surface area contributed by atoms with Gasteiger partial charge in [-0.2, -0.15) is 4.31 Å². The van der Waals surface area contributed by atoms with Crippen LogP contribution in [-0.4, -0.2) is 150 Å². The summed E-state index contributed by atoms with van der Waals surface area (Å²) in [4.78, 5) is 49.3. The number of ether oxygens (including phenoxy) is 2. The smallest absolute Gasteiger partial charge is 0.394 e. The summed E-state index contributed by atoms with van der Waals surface area (Å²) in [5.41, 5.74) is -1.71. The predicted octanol–water partition coefficient (Wildman–Crippen LogP) is -1.07. The minimum absolute atomic E-state index is 0.415. The van der Waals surface area contributed by atoms with Gasteiger partial charge in [-0.15, -0.1) is 0 Å². The summed E-state index contributed by atoms with van der Waals surface area (Å²) in [6, 6.07) is 0.943. The number of nitrogens with zero attached hydrogens (tertiary/aromatic N) is 3. The third kappa shape index (κ3) is 15.0. The van der Waals surface area contributed by atoms with E-state index in [0.717, 1.165) is 16.8 Å². The van der Waals surface area contributed by atoms with Gasteiger partial charge in [0.25, 0.3) is 5.56 Å². The standard InChI is InChI=1S/C15H24N2O16P2.2C6H15N/c18-4-8-6(19)3-7(20)14(31-8)32-35(27,28)33-34(25,26)29-5-9-11(22)12(23)13(30-9)17-2-1-10(21)16-15(17)24;2*1-4-7(5-2)6-3/h1-2,6-9,11-14,18-20,22-23H,3-5H2,(H,25,26)(H,27,28)(H,16,21,24);2*4-6H2,1-3H3/t6-,7+,8+,9+,11+,12+,13+,14+;;/m0../s1. The highest BCUT2D eigenvalue weighted by Crippen LogP contribution is 2.61. The average molecular weight is 753 g/mol. The van der Waals surface area contributed by atoms with Crippen molar-refractivity contribution in [2.75, 3.05) is 52.5 Å². The van der Waals surface area contributed by atoms with E-state index in [1.165, 1.54) is 39.3 Å². The number of phosphoric acid groups is 2. The van der Waals surface area contributed by atoms with Crippen LogP contribution in [0.4, 0.5) is 0 Å². The molecule has 8 N–H and O–H groups in total. The highest BCUT2D eigenvalue weighted by Gasteiger charge is 2.47. The molecule has 0 bridgehead atoms. The van der Waals surface area contributed by atoms with E-state index in [4.69, 9.17) is 14.6 Å². The topological polar surface area (TPSA) is 283 Å². The SMILES string of the molecule is CCN(CC)CC.CCN(CC)CC.O=c1ccn([C@@H]2O[C@H](COP(=O)(O)OP(=O)(O)O[C@H]3O[C@H](CO)[C@@H](O)C[C@H]3O)[C@@H](O)[C@H]2O)c(=O)[nH]1. The fourth-order valence-electron chi connectivity index (χ4n) is 4.66. The number of aliphatic hydroxyl groups is 5. The van der Waals surface area contributed by atoms with Crippen molar-refractivity contribution in [1.29, 1.82) is 0 Å². The number of H-pyrrole nitrogens is 1. The number of rotatable bonds is 15. The van der Waals surface area contributed by atoms with Crippen molar-refractivity contribution in [1.82, 2.24) is 19.4 Å². The molecule has 1 aromatic rings. The second kappa shape index (κ2) is 21.8. The number of nitrogens with one attached hydrogen (secondary N) is 1. The van der Waals surface area contributed by atoms with Gasteiger partial charge in [0.2, 0.25) is 0 Å². The Kier molecular flexibility index (Phi) is 20.3. The van der Waals surface area contributed by atoms with Crippen LogP contribution in [0.15, 0.2) is 21.9 Å². The predicted molar refractivity (Wildman–Crippen MR) is 174 cm³/mol. The Morgan fingerprint density at radius 2 is 1.37 bits per heavy atom. The van der Waals surface area contributed by atoms with Crippen molar-refractivity contribution < 1.29 is 67.3 Å². The van der Waals surface area contributed by atoms with Gasteiger partial charge in [0.1, 0.15) is 30.5 Å². The molecule has 0 aliphatic carbocycles. The van der Waals surface area contributed by atoms with E-state index in [-0.39, 0.29) is 0 Å². The molecule has 2 aliphatic heterocycles. The summed E-state index contributed by atoms with van der Waals surface area (Å²) in [5.74, 6) is 0. The lowest BCUT2D eigenvalue weighted by Gasteiger charge is -2.36. The molecule has 0 aromatic carbocycles. The van der Waals surface area contributed by atoms with Crippen molar-refractivity contribution >= 4 is 15.6 Å². The molecule has 10 atom stereocenters. The monoisotopic (exact) mass is 752 g/mol. The molecule has 2 fully saturated rings. The summed E-state index contributed by atoms with van der Waals surface area (Å²) >= 11 is 0. The molecule has 2 saturated heterocycles. The first-order chi connectivity index (χ1) is 22.9. The second-order valence-corrected chi connectivity index (χ2v) is 13.8. The average Bonchev–Trinajstić information content (AvgIpc) is 3.32. The molecule has 1 aromatic heterocycles. The van der Waals surface area contributed by atoms with Gasteiger partial charge in [-0.05, 0) is 39.3 Å². The normalized spacial score (nSPS) is 29.4. The van der Waals surface area contributed by atoms with Crippen LogP contribution >= 0.6 is 15.6 Å². The minimum atomic E-state index is -5.45. The van der Waals surface area contributed by atoms with E-state index in [1.807, 2.05) is 4.98 Å². The highest BCUT2D eigenvalue weighted by atomic mass is 31.3. The van der Waals surface area contributed by atoms with Crippen LogP contribution < -0.4 is 11.2 Å². The van der Waals surface area contributed by atoms with E-state index in [1.54, 1.807) is 0 Å². The van der Waals surface area contributed by atoms with Crippen molar-refractivity contribution in [2.24, 2.45) is 0 Å². The number of aliphatic hydroxyl groups excluding tert-OH is 5. The van der Waals surface area contributed by atoms with Gasteiger partial charge in [-0.1, -0.05) is 41.5 Å². The van der Waals surface area contributed by atoms with E-state index in [0.29, 0.717) is 0 Å². The van der Waals surface area contributed by atoms with Crippen LogP contribution in [0, 0.1) is 0 Å². The van der Waals surface area contributed by atoms with E-state index < -0.39 is 95.7 Å². The van der Waals surface area contributed by atoms with Crippen molar-refractivity contribution in [2.45, 2.75) is 97.1 Å². The summed E-state index contributed by atoms with van der Waals surface area (Å²) < 4.78 is 48.3. The third-order valence-corrected chi connectivity index (χ3v) is 10.3. The second-order valence-electron chi connectivity index (χ2n) is 10.8. The molecular weight excluding hydrogens is 698 g/mol. The van der Waals surface area contributed by atoms with Gasteiger partial charge in [0.15, 0.2) is 12.5 Å². The molecule has 22 heteroatoms. The molecular formula is C27H54N4O16P2. The van der Waals surface area contributed by atoms with Crippen LogP contribution in [0.3, 0.4) is 0 Å². The van der Waals surface area contributed by atoms with E-state index >= 15 is 0 Å².